The van der Waals surface area contributed by atoms with Crippen LogP contribution in [-0.2, 0) is 9.84 Å². The van der Waals surface area contributed by atoms with Gasteiger partial charge in [0.15, 0.2) is 0 Å². The molecule has 1 rings (SSSR count). The van der Waals surface area contributed by atoms with E-state index < -0.39 is 9.84 Å². The lowest BCUT2D eigenvalue weighted by atomic mass is 10.0. The molecule has 0 aliphatic rings. The van der Waals surface area contributed by atoms with Crippen molar-refractivity contribution < 1.29 is 8.42 Å². The predicted molar refractivity (Wildman–Crippen MR) is 75.3 cm³/mol. The van der Waals surface area contributed by atoms with E-state index in [4.69, 9.17) is 5.73 Å². The molecule has 0 bridgehead atoms. The van der Waals surface area contributed by atoms with Gasteiger partial charge < -0.3 is 5.73 Å². The number of benzene rings is 1. The first-order valence-electron chi connectivity index (χ1n) is 5.98. The van der Waals surface area contributed by atoms with E-state index in [2.05, 4.69) is 0 Å². The van der Waals surface area contributed by atoms with Crippen molar-refractivity contribution >= 4 is 9.84 Å². The largest absolute Gasteiger partial charge is 0.329 e. The molecule has 0 spiro atoms. The van der Waals surface area contributed by atoms with Crippen LogP contribution >= 0.6 is 0 Å². The Balaban J connectivity index is 2.74. The quantitative estimate of drug-likeness (QED) is 0.836. The Bertz CT molecular complexity index is 468. The Morgan fingerprint density at radius 3 is 2.28 bits per heavy atom. The van der Waals surface area contributed by atoms with Crippen LogP contribution in [-0.4, -0.2) is 45.5 Å². The van der Waals surface area contributed by atoms with E-state index in [1.165, 1.54) is 11.8 Å². The maximum absolute atomic E-state index is 11.2. The fourth-order valence-electron chi connectivity index (χ4n) is 1.82. The number of nitrogens with two attached hydrogens (primary N) is 1. The average molecular weight is 270 g/mol. The lowest BCUT2D eigenvalue weighted by Gasteiger charge is -2.27. The highest BCUT2D eigenvalue weighted by Gasteiger charge is 2.16. The van der Waals surface area contributed by atoms with E-state index in [0.717, 1.165) is 5.56 Å². The van der Waals surface area contributed by atoms with E-state index >= 15 is 0 Å². The van der Waals surface area contributed by atoms with Crippen molar-refractivity contribution in [2.24, 2.45) is 5.73 Å². The second kappa shape index (κ2) is 6.31. The number of hydrogen-bond acceptors (Lipinski definition) is 4. The molecule has 0 radical (unpaired) electrons. The fourth-order valence-corrected chi connectivity index (χ4v) is 2.44. The summed E-state index contributed by atoms with van der Waals surface area (Å²) in [5, 5.41) is 0. The molecule has 0 heterocycles. The summed E-state index contributed by atoms with van der Waals surface area (Å²) in [6, 6.07) is 8.24. The van der Waals surface area contributed by atoms with Gasteiger partial charge in [0.1, 0.15) is 9.84 Å². The molecular weight excluding hydrogens is 248 g/mol. The summed E-state index contributed by atoms with van der Waals surface area (Å²) in [6.45, 7) is 3.01. The van der Waals surface area contributed by atoms with Crippen LogP contribution in [0.2, 0.25) is 0 Å². The van der Waals surface area contributed by atoms with E-state index in [9.17, 15) is 8.42 Å². The minimum atomic E-state index is -2.93. The Hall–Kier alpha value is -0.910. The highest BCUT2D eigenvalue weighted by atomic mass is 32.2. The first kappa shape index (κ1) is 15.1. The highest BCUT2D eigenvalue weighted by molar-refractivity contribution is 7.90. The zero-order valence-corrected chi connectivity index (χ0v) is 12.1. The van der Waals surface area contributed by atoms with Gasteiger partial charge in [0.25, 0.3) is 0 Å². The molecule has 1 aromatic carbocycles. The van der Waals surface area contributed by atoms with Crippen molar-refractivity contribution in [1.29, 1.82) is 0 Å². The topological polar surface area (TPSA) is 63.4 Å². The SMILES string of the molecule is Cc1ccc(C(CN)N(C)CCS(C)(=O)=O)cc1. The molecule has 2 N–H and O–H groups in total. The van der Waals surface area contributed by atoms with Crippen molar-refractivity contribution in [2.45, 2.75) is 13.0 Å². The normalized spacial score (nSPS) is 13.8. The summed E-state index contributed by atoms with van der Waals surface area (Å²) >= 11 is 0. The lowest BCUT2D eigenvalue weighted by molar-refractivity contribution is 0.264. The van der Waals surface area contributed by atoms with Crippen molar-refractivity contribution in [3.63, 3.8) is 0 Å². The summed E-state index contributed by atoms with van der Waals surface area (Å²) in [6.07, 6.45) is 1.25. The third kappa shape index (κ3) is 4.76. The Kier molecular flexibility index (Phi) is 5.31. The van der Waals surface area contributed by atoms with E-state index in [0.29, 0.717) is 13.1 Å². The molecule has 0 aliphatic carbocycles. The molecule has 4 nitrogen and oxygen atoms in total. The van der Waals surface area contributed by atoms with E-state index in [-0.39, 0.29) is 11.8 Å². The molecule has 1 atom stereocenters. The Labute approximate surface area is 110 Å². The summed E-state index contributed by atoms with van der Waals surface area (Å²) in [5.74, 6) is 0.159. The van der Waals surface area contributed by atoms with Gasteiger partial charge in [0.05, 0.1) is 5.75 Å². The van der Waals surface area contributed by atoms with Crippen molar-refractivity contribution in [3.8, 4) is 0 Å². The monoisotopic (exact) mass is 270 g/mol. The Morgan fingerprint density at radius 1 is 1.28 bits per heavy atom. The fraction of sp³-hybridized carbons (Fsp3) is 0.538. The molecule has 5 heteroatoms. The minimum absolute atomic E-state index is 0.0624. The van der Waals surface area contributed by atoms with E-state index in [1.807, 2.05) is 43.1 Å². The zero-order valence-electron chi connectivity index (χ0n) is 11.3. The third-order valence-corrected chi connectivity index (χ3v) is 3.96. The second-order valence-corrected chi connectivity index (χ2v) is 7.03. The summed E-state index contributed by atoms with van der Waals surface area (Å²) < 4.78 is 22.3. The zero-order chi connectivity index (χ0) is 13.8. The molecule has 0 amide bonds. The second-order valence-electron chi connectivity index (χ2n) is 4.77. The number of nitrogens with zero attached hydrogens (tertiary/aromatic N) is 1. The van der Waals surface area contributed by atoms with Crippen LogP contribution in [0.25, 0.3) is 0 Å². The third-order valence-electron chi connectivity index (χ3n) is 3.03. The van der Waals surface area contributed by atoms with Gasteiger partial charge >= 0.3 is 0 Å². The van der Waals surface area contributed by atoms with Gasteiger partial charge in [0.2, 0.25) is 0 Å². The van der Waals surface area contributed by atoms with Crippen LogP contribution in [0.4, 0.5) is 0 Å². The molecule has 1 aromatic rings. The first-order valence-corrected chi connectivity index (χ1v) is 8.04. The highest BCUT2D eigenvalue weighted by Crippen LogP contribution is 2.18. The summed E-state index contributed by atoms with van der Waals surface area (Å²) in [4.78, 5) is 1.99. The molecule has 0 aromatic heterocycles. The molecule has 0 saturated heterocycles. The molecule has 18 heavy (non-hydrogen) atoms. The lowest BCUT2D eigenvalue weighted by Crippen LogP contribution is -2.33. The summed E-state index contributed by atoms with van der Waals surface area (Å²) in [7, 11) is -1.03. The molecule has 0 aliphatic heterocycles. The van der Waals surface area contributed by atoms with Gasteiger partial charge in [-0.15, -0.1) is 0 Å². The van der Waals surface area contributed by atoms with Crippen LogP contribution in [0.5, 0.6) is 0 Å². The van der Waals surface area contributed by atoms with E-state index in [1.54, 1.807) is 0 Å². The molecule has 1 unspecified atom stereocenters. The van der Waals surface area contributed by atoms with Crippen LogP contribution in [0.15, 0.2) is 24.3 Å². The number of sulfone groups is 1. The Morgan fingerprint density at radius 2 is 1.83 bits per heavy atom. The smallest absolute Gasteiger partial charge is 0.148 e. The van der Waals surface area contributed by atoms with Crippen LogP contribution in [0.3, 0.4) is 0 Å². The molecule has 0 fully saturated rings. The maximum atomic E-state index is 11.2. The standard InChI is InChI=1S/C13H22N2O2S/c1-11-4-6-12(7-5-11)13(10-14)15(2)8-9-18(3,16)17/h4-7,13H,8-10,14H2,1-3H3. The molecule has 0 saturated carbocycles. The van der Waals surface area contributed by atoms with Crippen LogP contribution < -0.4 is 5.73 Å². The van der Waals surface area contributed by atoms with Crippen molar-refractivity contribution in [1.82, 2.24) is 4.90 Å². The first-order chi connectivity index (χ1) is 8.33. The van der Waals surface area contributed by atoms with Gasteiger partial charge in [-0.25, -0.2) is 8.42 Å². The van der Waals surface area contributed by atoms with Gasteiger partial charge in [0, 0.05) is 25.4 Å². The number of rotatable bonds is 6. The van der Waals surface area contributed by atoms with Gasteiger partial charge in [-0.05, 0) is 19.5 Å². The van der Waals surface area contributed by atoms with Gasteiger partial charge in [-0.1, -0.05) is 29.8 Å². The summed E-state index contributed by atoms with van der Waals surface area (Å²) in [5.41, 5.74) is 8.12. The van der Waals surface area contributed by atoms with Crippen molar-refractivity contribution in [2.75, 3.05) is 32.1 Å². The molecular formula is C13H22N2O2S. The average Bonchev–Trinajstić information content (AvgIpc) is 2.29. The maximum Gasteiger partial charge on any atom is 0.148 e. The van der Waals surface area contributed by atoms with Crippen LogP contribution in [0, 0.1) is 6.92 Å². The minimum Gasteiger partial charge on any atom is -0.329 e. The number of likely N-dealkylation sites (N-methyl/N-ethyl adjacent to an activating group) is 1. The van der Waals surface area contributed by atoms with Gasteiger partial charge in [-0.3, -0.25) is 4.90 Å². The molecule has 102 valence electrons. The van der Waals surface area contributed by atoms with Gasteiger partial charge in [-0.2, -0.15) is 0 Å². The van der Waals surface area contributed by atoms with Crippen LogP contribution in [0.1, 0.15) is 17.2 Å². The predicted octanol–water partition coefficient (Wildman–Crippen LogP) is 0.971. The van der Waals surface area contributed by atoms with Crippen molar-refractivity contribution in [3.05, 3.63) is 35.4 Å². The number of aryl methyl sites for hydroxylation is 1. The number of hydrogen-bond donors (Lipinski definition) is 1.